The van der Waals surface area contributed by atoms with E-state index in [1.165, 1.54) is 0 Å². The Morgan fingerprint density at radius 2 is 1.16 bits per heavy atom. The normalized spacial score (nSPS) is 13.4. The standard InChI is InChI=1S/C26H38N2O4/c1-2-3-4-5-6-7-8-9-10-11-12-13-14-15-16-17-18-19-20-21-25(30)28-23(26(31)32)22-24(27)29/h3-4,6-7,9-10,12-13,15-16,18-19,23H,2,5,8,11,14,17,20-22H2,1H3,(H2,27,29)(H,28,30)(H,31,32)/b4-3-,7-6-,10-9-,13-12-,16-15-,19-18-/t23-/m0/s1. The molecule has 0 aliphatic carbocycles. The van der Waals surface area contributed by atoms with Crippen molar-refractivity contribution in [2.24, 2.45) is 5.73 Å². The minimum Gasteiger partial charge on any atom is -0.480 e. The smallest absolute Gasteiger partial charge is 0.326 e. The second kappa shape index (κ2) is 21.1. The van der Waals surface area contributed by atoms with E-state index in [0.29, 0.717) is 6.42 Å². The van der Waals surface area contributed by atoms with Gasteiger partial charge in [-0.1, -0.05) is 79.8 Å². The molecule has 4 N–H and O–H groups in total. The third-order valence-corrected chi connectivity index (χ3v) is 4.17. The molecule has 176 valence electrons. The van der Waals surface area contributed by atoms with Gasteiger partial charge in [0.15, 0.2) is 0 Å². The van der Waals surface area contributed by atoms with Gasteiger partial charge in [0.25, 0.3) is 0 Å². The Labute approximate surface area is 192 Å². The minimum absolute atomic E-state index is 0.157. The van der Waals surface area contributed by atoms with Crippen molar-refractivity contribution in [2.45, 2.75) is 70.8 Å². The number of hydrogen-bond donors (Lipinski definition) is 3. The van der Waals surface area contributed by atoms with Crippen LogP contribution < -0.4 is 11.1 Å². The summed E-state index contributed by atoms with van der Waals surface area (Å²) in [6.45, 7) is 2.13. The van der Waals surface area contributed by atoms with Gasteiger partial charge in [-0.3, -0.25) is 9.59 Å². The van der Waals surface area contributed by atoms with Gasteiger partial charge in [-0.25, -0.2) is 4.79 Å². The van der Waals surface area contributed by atoms with E-state index in [1.807, 2.05) is 12.2 Å². The van der Waals surface area contributed by atoms with E-state index in [4.69, 9.17) is 10.8 Å². The van der Waals surface area contributed by atoms with Crippen molar-refractivity contribution in [1.29, 1.82) is 0 Å². The van der Waals surface area contributed by atoms with E-state index in [9.17, 15) is 14.4 Å². The molecule has 0 heterocycles. The minimum atomic E-state index is -1.27. The predicted octanol–water partition coefficient (Wildman–Crippen LogP) is 4.91. The van der Waals surface area contributed by atoms with Crippen LogP contribution in [0.5, 0.6) is 0 Å². The molecule has 1 atom stereocenters. The third-order valence-electron chi connectivity index (χ3n) is 4.17. The van der Waals surface area contributed by atoms with Crippen molar-refractivity contribution in [3.63, 3.8) is 0 Å². The third kappa shape index (κ3) is 20.1. The van der Waals surface area contributed by atoms with Crippen LogP contribution in [0.1, 0.15) is 64.7 Å². The van der Waals surface area contributed by atoms with Crippen molar-refractivity contribution in [1.82, 2.24) is 5.32 Å². The molecular weight excluding hydrogens is 404 g/mol. The van der Waals surface area contributed by atoms with Crippen molar-refractivity contribution >= 4 is 17.8 Å². The number of hydrogen-bond acceptors (Lipinski definition) is 3. The van der Waals surface area contributed by atoms with Crippen LogP contribution in [0.25, 0.3) is 0 Å². The van der Waals surface area contributed by atoms with E-state index in [2.05, 4.69) is 73.0 Å². The van der Waals surface area contributed by atoms with Crippen molar-refractivity contribution in [2.75, 3.05) is 0 Å². The topological polar surface area (TPSA) is 109 Å². The molecule has 32 heavy (non-hydrogen) atoms. The Bertz CT molecular complexity index is 715. The molecule has 0 aliphatic heterocycles. The van der Waals surface area contributed by atoms with Gasteiger partial charge in [0, 0.05) is 6.42 Å². The predicted molar refractivity (Wildman–Crippen MR) is 131 cm³/mol. The first-order valence-corrected chi connectivity index (χ1v) is 11.2. The molecule has 0 saturated carbocycles. The summed E-state index contributed by atoms with van der Waals surface area (Å²) in [6, 6.07) is -1.27. The highest BCUT2D eigenvalue weighted by Gasteiger charge is 2.21. The first-order valence-electron chi connectivity index (χ1n) is 11.2. The number of carboxylic acid groups (broad SMARTS) is 1. The Kier molecular flexibility index (Phi) is 19.0. The molecule has 0 rings (SSSR count). The zero-order valence-corrected chi connectivity index (χ0v) is 19.1. The van der Waals surface area contributed by atoms with E-state index in [-0.39, 0.29) is 6.42 Å². The number of carbonyl (C=O) groups is 3. The van der Waals surface area contributed by atoms with Gasteiger partial charge in [-0.15, -0.1) is 0 Å². The summed E-state index contributed by atoms with van der Waals surface area (Å²) in [5, 5.41) is 11.3. The number of aliphatic carboxylic acids is 1. The van der Waals surface area contributed by atoms with Crippen molar-refractivity contribution in [3.8, 4) is 0 Å². The number of carbonyl (C=O) groups excluding carboxylic acids is 2. The van der Waals surface area contributed by atoms with Crippen LogP contribution in [0, 0.1) is 0 Å². The molecule has 0 fully saturated rings. The SMILES string of the molecule is CC/C=C\C/C=C\C/C=C\C/C=C\C/C=C\C/C=C\CCC(=O)N[C@@H](CC(N)=O)C(=O)O. The fraction of sp³-hybridized carbons (Fsp3) is 0.423. The number of primary amides is 1. The van der Waals surface area contributed by atoms with Gasteiger partial charge >= 0.3 is 5.97 Å². The Morgan fingerprint density at radius 1 is 0.750 bits per heavy atom. The molecule has 0 aliphatic rings. The second-order valence-corrected chi connectivity index (χ2v) is 7.08. The summed E-state index contributed by atoms with van der Waals surface area (Å²) < 4.78 is 0. The zero-order valence-electron chi connectivity index (χ0n) is 19.1. The molecule has 0 aromatic rings. The molecule has 0 spiro atoms. The maximum absolute atomic E-state index is 11.7. The van der Waals surface area contributed by atoms with E-state index >= 15 is 0 Å². The number of allylic oxidation sites excluding steroid dienone is 12. The van der Waals surface area contributed by atoms with Gasteiger partial charge in [-0.2, -0.15) is 0 Å². The maximum atomic E-state index is 11.7. The van der Waals surface area contributed by atoms with Crippen molar-refractivity contribution < 1.29 is 19.5 Å². The van der Waals surface area contributed by atoms with Gasteiger partial charge in [0.1, 0.15) is 6.04 Å². The number of nitrogens with two attached hydrogens (primary N) is 1. The fourth-order valence-electron chi connectivity index (χ4n) is 2.52. The fourth-order valence-corrected chi connectivity index (χ4v) is 2.52. The lowest BCUT2D eigenvalue weighted by molar-refractivity contribution is -0.143. The van der Waals surface area contributed by atoms with Crippen LogP contribution in [-0.2, 0) is 14.4 Å². The average Bonchev–Trinajstić information content (AvgIpc) is 2.74. The Hall–Kier alpha value is -3.15. The van der Waals surface area contributed by atoms with E-state index in [0.717, 1.165) is 38.5 Å². The van der Waals surface area contributed by atoms with Crippen LogP contribution >= 0.6 is 0 Å². The second-order valence-electron chi connectivity index (χ2n) is 7.08. The molecule has 6 nitrogen and oxygen atoms in total. The monoisotopic (exact) mass is 442 g/mol. The summed E-state index contributed by atoms with van der Waals surface area (Å²) in [5.74, 6) is -2.46. The highest BCUT2D eigenvalue weighted by molar-refractivity contribution is 5.88. The molecule has 0 unspecified atom stereocenters. The molecule has 6 heteroatoms. The van der Waals surface area contributed by atoms with E-state index < -0.39 is 30.2 Å². The number of amides is 2. The van der Waals surface area contributed by atoms with Crippen LogP contribution in [0.4, 0.5) is 0 Å². The molecule has 2 amide bonds. The molecule has 0 bridgehead atoms. The highest BCUT2D eigenvalue weighted by atomic mass is 16.4. The van der Waals surface area contributed by atoms with Gasteiger partial charge < -0.3 is 16.2 Å². The van der Waals surface area contributed by atoms with Crippen molar-refractivity contribution in [3.05, 3.63) is 72.9 Å². The molecule has 0 saturated heterocycles. The number of nitrogens with one attached hydrogen (secondary N) is 1. The molecule has 0 radical (unpaired) electrons. The zero-order chi connectivity index (χ0) is 23.9. The van der Waals surface area contributed by atoms with Gasteiger partial charge in [-0.05, 0) is 44.9 Å². The highest BCUT2D eigenvalue weighted by Crippen LogP contribution is 1.99. The van der Waals surface area contributed by atoms with Gasteiger partial charge in [0.2, 0.25) is 11.8 Å². The lowest BCUT2D eigenvalue weighted by Gasteiger charge is -2.12. The summed E-state index contributed by atoms with van der Waals surface area (Å²) in [5.41, 5.74) is 4.98. The van der Waals surface area contributed by atoms with Crippen LogP contribution in [0.3, 0.4) is 0 Å². The summed E-state index contributed by atoms with van der Waals surface area (Å²) >= 11 is 0. The van der Waals surface area contributed by atoms with Crippen LogP contribution in [0.15, 0.2) is 72.9 Å². The average molecular weight is 443 g/mol. The van der Waals surface area contributed by atoms with Crippen LogP contribution in [0.2, 0.25) is 0 Å². The first kappa shape index (κ1) is 28.9. The van der Waals surface area contributed by atoms with E-state index in [1.54, 1.807) is 0 Å². The molecular formula is C26H38N2O4. The Balaban J connectivity index is 3.80. The lowest BCUT2D eigenvalue weighted by Crippen LogP contribution is -2.43. The lowest BCUT2D eigenvalue weighted by atomic mass is 10.2. The largest absolute Gasteiger partial charge is 0.480 e. The molecule has 0 aromatic heterocycles. The molecule has 0 aromatic carbocycles. The quantitative estimate of drug-likeness (QED) is 0.262. The van der Waals surface area contributed by atoms with Crippen LogP contribution in [-0.4, -0.2) is 28.9 Å². The maximum Gasteiger partial charge on any atom is 0.326 e. The number of rotatable bonds is 18. The summed E-state index contributed by atoms with van der Waals surface area (Å²) in [6.07, 6.45) is 31.2. The van der Waals surface area contributed by atoms with Gasteiger partial charge in [0.05, 0.1) is 6.42 Å². The number of carboxylic acids is 1. The first-order chi connectivity index (χ1) is 15.5. The Morgan fingerprint density at radius 3 is 1.53 bits per heavy atom. The summed E-state index contributed by atoms with van der Waals surface area (Å²) in [7, 11) is 0. The summed E-state index contributed by atoms with van der Waals surface area (Å²) in [4.78, 5) is 33.5.